The Labute approximate surface area is 171 Å². The van der Waals surface area contributed by atoms with Crippen LogP contribution in [-0.4, -0.2) is 66.9 Å². The lowest BCUT2D eigenvalue weighted by Crippen LogP contribution is -2.55. The second kappa shape index (κ2) is 9.09. The lowest BCUT2D eigenvalue weighted by Gasteiger charge is -2.28. The number of furan rings is 1. The van der Waals surface area contributed by atoms with Crippen molar-refractivity contribution >= 4 is 17.6 Å². The first-order valence-electron chi connectivity index (χ1n) is 10.2. The van der Waals surface area contributed by atoms with Crippen LogP contribution in [0.2, 0.25) is 0 Å². The molecule has 0 radical (unpaired) electrons. The summed E-state index contributed by atoms with van der Waals surface area (Å²) in [5, 5.41) is 5.63. The summed E-state index contributed by atoms with van der Waals surface area (Å²) < 4.78 is 10.6. The maximum absolute atomic E-state index is 13.0. The molecule has 2 fully saturated rings. The van der Waals surface area contributed by atoms with Crippen molar-refractivity contribution < 1.29 is 23.5 Å². The molecule has 2 aliphatic heterocycles. The van der Waals surface area contributed by atoms with Crippen LogP contribution in [0.3, 0.4) is 0 Å². The van der Waals surface area contributed by atoms with Crippen LogP contribution >= 0.6 is 0 Å². The first kappa shape index (κ1) is 21.5. The predicted molar refractivity (Wildman–Crippen MR) is 106 cm³/mol. The molecule has 8 nitrogen and oxygen atoms in total. The molecule has 1 aromatic heterocycles. The third kappa shape index (κ3) is 5.90. The molecule has 0 aromatic carbocycles. The summed E-state index contributed by atoms with van der Waals surface area (Å²) in [6.45, 7) is 8.60. The summed E-state index contributed by atoms with van der Waals surface area (Å²) in [7, 11) is 0. The SMILES string of the molecule is CC(C)(C)CC(NC(=O)c1ccoc1)C(=O)NC1C(=O)COC1CN1CCCC1. The number of carbonyl (C=O) groups excluding carboxylic acids is 3. The fourth-order valence-electron chi connectivity index (χ4n) is 3.84. The van der Waals surface area contributed by atoms with Crippen molar-refractivity contribution in [2.45, 2.75) is 58.2 Å². The minimum atomic E-state index is -0.766. The quantitative estimate of drug-likeness (QED) is 0.710. The first-order valence-corrected chi connectivity index (χ1v) is 10.2. The second-order valence-electron chi connectivity index (χ2n) is 9.11. The van der Waals surface area contributed by atoms with E-state index in [9.17, 15) is 14.4 Å². The van der Waals surface area contributed by atoms with Crippen molar-refractivity contribution in [2.75, 3.05) is 26.2 Å². The Kier molecular flexibility index (Phi) is 6.74. The molecule has 3 unspecified atom stereocenters. The average molecular weight is 405 g/mol. The van der Waals surface area contributed by atoms with Gasteiger partial charge < -0.3 is 24.7 Å². The van der Waals surface area contributed by atoms with Gasteiger partial charge in [-0.15, -0.1) is 0 Å². The van der Waals surface area contributed by atoms with E-state index in [0.29, 0.717) is 18.5 Å². The van der Waals surface area contributed by atoms with E-state index in [1.807, 2.05) is 20.8 Å². The highest BCUT2D eigenvalue weighted by atomic mass is 16.5. The zero-order valence-corrected chi connectivity index (χ0v) is 17.4. The van der Waals surface area contributed by atoms with Crippen molar-refractivity contribution in [2.24, 2.45) is 5.41 Å². The first-order chi connectivity index (χ1) is 13.7. The van der Waals surface area contributed by atoms with Gasteiger partial charge in [-0.1, -0.05) is 20.8 Å². The Morgan fingerprint density at radius 3 is 2.62 bits per heavy atom. The van der Waals surface area contributed by atoms with E-state index in [0.717, 1.165) is 25.9 Å². The van der Waals surface area contributed by atoms with E-state index >= 15 is 0 Å². The Balaban J connectivity index is 1.66. The van der Waals surface area contributed by atoms with Crippen LogP contribution in [0.1, 0.15) is 50.4 Å². The Bertz CT molecular complexity index is 719. The summed E-state index contributed by atoms with van der Waals surface area (Å²) in [6, 6.07) is 0.0940. The summed E-state index contributed by atoms with van der Waals surface area (Å²) in [4.78, 5) is 40.1. The maximum atomic E-state index is 13.0. The van der Waals surface area contributed by atoms with Crippen LogP contribution in [0.15, 0.2) is 23.0 Å². The predicted octanol–water partition coefficient (Wildman–Crippen LogP) is 1.36. The minimum Gasteiger partial charge on any atom is -0.472 e. The molecule has 1 aromatic rings. The third-order valence-electron chi connectivity index (χ3n) is 5.31. The number of Topliss-reactive ketones (excluding diaryl/α,β-unsaturated/α-hetero) is 1. The molecule has 2 N–H and O–H groups in total. The highest BCUT2D eigenvalue weighted by Gasteiger charge is 2.40. The van der Waals surface area contributed by atoms with Crippen LogP contribution in [0.25, 0.3) is 0 Å². The van der Waals surface area contributed by atoms with Crippen molar-refractivity contribution in [1.82, 2.24) is 15.5 Å². The van der Waals surface area contributed by atoms with Crippen molar-refractivity contribution in [3.8, 4) is 0 Å². The molecule has 0 aliphatic carbocycles. The van der Waals surface area contributed by atoms with Gasteiger partial charge in [0.25, 0.3) is 5.91 Å². The van der Waals surface area contributed by atoms with E-state index in [-0.39, 0.29) is 35.7 Å². The number of rotatable bonds is 7. The van der Waals surface area contributed by atoms with Gasteiger partial charge in [-0.2, -0.15) is 0 Å². The zero-order valence-electron chi connectivity index (χ0n) is 17.4. The van der Waals surface area contributed by atoms with Crippen molar-refractivity contribution in [3.05, 3.63) is 24.2 Å². The molecule has 0 spiro atoms. The van der Waals surface area contributed by atoms with Gasteiger partial charge in [0.15, 0.2) is 5.78 Å². The summed E-state index contributed by atoms with van der Waals surface area (Å²) in [5.41, 5.74) is 0.153. The Morgan fingerprint density at radius 1 is 1.28 bits per heavy atom. The lowest BCUT2D eigenvalue weighted by molar-refractivity contribution is -0.128. The summed E-state index contributed by atoms with van der Waals surface area (Å²) in [5.74, 6) is -0.879. The molecular formula is C21H31N3O5. The molecule has 8 heteroatoms. The molecule has 3 heterocycles. The number of ether oxygens (including phenoxy) is 1. The monoisotopic (exact) mass is 405 g/mol. The summed E-state index contributed by atoms with van der Waals surface area (Å²) in [6.07, 6.45) is 5.11. The molecule has 0 bridgehead atoms. The molecule has 3 atom stereocenters. The van der Waals surface area contributed by atoms with Crippen LogP contribution in [0.5, 0.6) is 0 Å². The van der Waals surface area contributed by atoms with Gasteiger partial charge in [0.05, 0.1) is 17.9 Å². The van der Waals surface area contributed by atoms with Gasteiger partial charge in [-0.25, -0.2) is 0 Å². The van der Waals surface area contributed by atoms with Crippen LogP contribution < -0.4 is 10.6 Å². The average Bonchev–Trinajstić information content (AvgIpc) is 3.39. The molecule has 29 heavy (non-hydrogen) atoms. The second-order valence-corrected chi connectivity index (χ2v) is 9.11. The van der Waals surface area contributed by atoms with E-state index in [1.54, 1.807) is 6.07 Å². The van der Waals surface area contributed by atoms with E-state index < -0.39 is 12.1 Å². The smallest absolute Gasteiger partial charge is 0.255 e. The molecule has 2 aliphatic rings. The maximum Gasteiger partial charge on any atom is 0.255 e. The van der Waals surface area contributed by atoms with E-state index in [2.05, 4.69) is 15.5 Å². The van der Waals surface area contributed by atoms with E-state index in [4.69, 9.17) is 9.15 Å². The zero-order chi connectivity index (χ0) is 21.0. The fraction of sp³-hybridized carbons (Fsp3) is 0.667. The number of ketones is 1. The van der Waals surface area contributed by atoms with Crippen LogP contribution in [0.4, 0.5) is 0 Å². The largest absolute Gasteiger partial charge is 0.472 e. The number of carbonyl (C=O) groups is 3. The lowest BCUT2D eigenvalue weighted by atomic mass is 9.87. The standard InChI is InChI=1S/C21H31N3O5/c1-21(2,3)10-15(22-19(26)14-6-9-28-12-14)20(27)23-18-16(25)13-29-17(18)11-24-7-4-5-8-24/h6,9,12,15,17-18H,4-5,7-8,10-11,13H2,1-3H3,(H,22,26)(H,23,27). The number of amides is 2. The number of nitrogens with one attached hydrogen (secondary N) is 2. The number of hydrogen-bond donors (Lipinski definition) is 2. The highest BCUT2D eigenvalue weighted by Crippen LogP contribution is 2.22. The van der Waals surface area contributed by atoms with Crippen molar-refractivity contribution in [1.29, 1.82) is 0 Å². The third-order valence-corrected chi connectivity index (χ3v) is 5.31. The molecule has 0 saturated carbocycles. The molecule has 160 valence electrons. The van der Waals surface area contributed by atoms with Gasteiger partial charge in [0.2, 0.25) is 5.91 Å². The van der Waals surface area contributed by atoms with Crippen LogP contribution in [-0.2, 0) is 14.3 Å². The highest BCUT2D eigenvalue weighted by molar-refractivity contribution is 5.98. The minimum absolute atomic E-state index is 0.00870. The number of likely N-dealkylation sites (tertiary alicyclic amines) is 1. The molecule has 3 rings (SSSR count). The van der Waals surface area contributed by atoms with Gasteiger partial charge in [0, 0.05) is 6.54 Å². The number of nitrogens with zero attached hydrogens (tertiary/aromatic N) is 1. The molecular weight excluding hydrogens is 374 g/mol. The molecule has 2 amide bonds. The fourth-order valence-corrected chi connectivity index (χ4v) is 3.84. The van der Waals surface area contributed by atoms with Gasteiger partial charge in [0.1, 0.15) is 25.0 Å². The Morgan fingerprint density at radius 2 is 2.00 bits per heavy atom. The van der Waals surface area contributed by atoms with Gasteiger partial charge in [-0.05, 0) is 43.8 Å². The van der Waals surface area contributed by atoms with Crippen LogP contribution in [0, 0.1) is 5.41 Å². The van der Waals surface area contributed by atoms with Gasteiger partial charge in [-0.3, -0.25) is 14.4 Å². The normalized spacial score (nSPS) is 23.9. The Hall–Kier alpha value is -2.19. The summed E-state index contributed by atoms with van der Waals surface area (Å²) >= 11 is 0. The molecule has 2 saturated heterocycles. The van der Waals surface area contributed by atoms with Crippen molar-refractivity contribution in [3.63, 3.8) is 0 Å². The number of hydrogen-bond acceptors (Lipinski definition) is 6. The van der Waals surface area contributed by atoms with Gasteiger partial charge >= 0.3 is 0 Å². The topological polar surface area (TPSA) is 101 Å². The van der Waals surface area contributed by atoms with E-state index in [1.165, 1.54) is 12.5 Å².